The highest BCUT2D eigenvalue weighted by Crippen LogP contribution is 2.31. The zero-order valence-corrected chi connectivity index (χ0v) is 30.2. The molecular weight excluding hydrogens is 690 g/mol. The number of carboxylic acids is 1. The van der Waals surface area contributed by atoms with Crippen molar-refractivity contribution >= 4 is 58.1 Å². The normalized spacial score (nSPS) is 11.5. The van der Waals surface area contributed by atoms with E-state index >= 15 is 0 Å². The van der Waals surface area contributed by atoms with Crippen molar-refractivity contribution in [1.82, 2.24) is 25.4 Å². The van der Waals surface area contributed by atoms with E-state index in [0.717, 1.165) is 4.90 Å². The maximum absolute atomic E-state index is 13.8. The van der Waals surface area contributed by atoms with E-state index in [4.69, 9.17) is 21.4 Å². The molecule has 1 unspecified atom stereocenters. The minimum atomic E-state index is -1.28. The molecule has 1 heterocycles. The number of aromatic nitrogens is 1. The molecule has 52 heavy (non-hydrogen) atoms. The Balaban J connectivity index is 1.53. The van der Waals surface area contributed by atoms with Crippen LogP contribution in [0.15, 0.2) is 72.8 Å². The fourth-order valence-corrected chi connectivity index (χ4v) is 5.75. The maximum Gasteiger partial charge on any atom is 0.324 e. The quantitative estimate of drug-likeness (QED) is 0.140. The van der Waals surface area contributed by atoms with Gasteiger partial charge in [0.25, 0.3) is 11.8 Å². The van der Waals surface area contributed by atoms with Gasteiger partial charge in [0.2, 0.25) is 11.8 Å². The summed E-state index contributed by atoms with van der Waals surface area (Å²) in [5, 5.41) is 17.6. The first kappa shape index (κ1) is 39.1. The summed E-state index contributed by atoms with van der Waals surface area (Å²) in [6, 6.07) is 18.4. The number of fused-ring (bicyclic) bond motifs is 1. The molecule has 0 saturated heterocycles. The molecule has 0 saturated carbocycles. The van der Waals surface area contributed by atoms with Crippen LogP contribution in [-0.2, 0) is 32.0 Å². The van der Waals surface area contributed by atoms with Crippen LogP contribution in [0.25, 0.3) is 10.9 Å². The summed E-state index contributed by atoms with van der Waals surface area (Å²) in [5.41, 5.74) is 2.75. The smallest absolute Gasteiger partial charge is 0.324 e. The Morgan fingerprint density at radius 1 is 0.904 bits per heavy atom. The topological polar surface area (TPSA) is 176 Å². The van der Waals surface area contributed by atoms with Crippen molar-refractivity contribution in [3.05, 3.63) is 100 Å². The minimum absolute atomic E-state index is 0.00188. The molecule has 3 aromatic carbocycles. The Morgan fingerprint density at radius 3 is 2.23 bits per heavy atom. The third kappa shape index (κ3) is 10.2. The predicted molar refractivity (Wildman–Crippen MR) is 195 cm³/mol. The highest BCUT2D eigenvalue weighted by molar-refractivity contribution is 6.30. The molecule has 14 heteroatoms. The van der Waals surface area contributed by atoms with Crippen LogP contribution in [0.1, 0.15) is 47.4 Å². The fourth-order valence-electron chi connectivity index (χ4n) is 5.63. The Hall–Kier alpha value is -5.69. The molecule has 4 N–H and O–H groups in total. The van der Waals surface area contributed by atoms with Crippen LogP contribution in [-0.4, -0.2) is 83.0 Å². The van der Waals surface area contributed by atoms with Crippen LogP contribution in [0.4, 0.5) is 4.79 Å². The van der Waals surface area contributed by atoms with Gasteiger partial charge in [-0.3, -0.25) is 33.4 Å². The molecule has 0 bridgehead atoms. The van der Waals surface area contributed by atoms with E-state index in [2.05, 4.69) is 16.0 Å². The molecule has 0 fully saturated rings. The molecule has 13 nitrogen and oxygen atoms in total. The third-order valence-electron chi connectivity index (χ3n) is 8.37. The third-order valence-corrected chi connectivity index (χ3v) is 8.62. The SMILES string of the molecule is COc1ccc2c(c1)c(CC(=O)NCC(=O)NC(Cc1ccccc1)C(=O)N(CCC(C)C)C(=O)NCC(=O)O)c(C)n2C(=O)c1ccc(Cl)cc1. The second kappa shape index (κ2) is 18.0. The lowest BCUT2D eigenvalue weighted by Gasteiger charge is -2.27. The predicted octanol–water partition coefficient (Wildman–Crippen LogP) is 4.36. The highest BCUT2D eigenvalue weighted by atomic mass is 35.5. The van der Waals surface area contributed by atoms with Crippen LogP contribution in [0.5, 0.6) is 5.75 Å². The number of imide groups is 1. The number of aliphatic carboxylic acids is 1. The molecule has 0 spiro atoms. The molecule has 0 radical (unpaired) electrons. The summed E-state index contributed by atoms with van der Waals surface area (Å²) in [6.07, 6.45) is 0.302. The number of nitrogens with one attached hydrogen (secondary N) is 3. The first-order chi connectivity index (χ1) is 24.8. The van der Waals surface area contributed by atoms with Gasteiger partial charge in [-0.2, -0.15) is 0 Å². The molecule has 1 atom stereocenters. The highest BCUT2D eigenvalue weighted by Gasteiger charge is 2.31. The number of halogens is 1. The number of carboxylic acid groups (broad SMARTS) is 1. The van der Waals surface area contributed by atoms with Crippen molar-refractivity contribution in [3.8, 4) is 5.75 Å². The maximum atomic E-state index is 13.8. The molecule has 0 aliphatic carbocycles. The van der Waals surface area contributed by atoms with Crippen molar-refractivity contribution < 1.29 is 38.6 Å². The number of methoxy groups -OCH3 is 1. The average molecular weight is 732 g/mol. The molecule has 274 valence electrons. The number of nitrogens with zero attached hydrogens (tertiary/aromatic N) is 2. The van der Waals surface area contributed by atoms with Crippen LogP contribution >= 0.6 is 11.6 Å². The lowest BCUT2D eigenvalue weighted by molar-refractivity contribution is -0.136. The van der Waals surface area contributed by atoms with Crippen molar-refractivity contribution in [2.45, 2.75) is 46.1 Å². The van der Waals surface area contributed by atoms with Gasteiger partial charge < -0.3 is 25.8 Å². The van der Waals surface area contributed by atoms with E-state index < -0.39 is 48.9 Å². The largest absolute Gasteiger partial charge is 0.497 e. The van der Waals surface area contributed by atoms with Gasteiger partial charge in [-0.25, -0.2) is 4.79 Å². The molecule has 5 amide bonds. The number of urea groups is 1. The fraction of sp³-hybridized carbons (Fsp3) is 0.316. The van der Waals surface area contributed by atoms with Gasteiger partial charge in [0.1, 0.15) is 18.3 Å². The van der Waals surface area contributed by atoms with Crippen LogP contribution in [0.3, 0.4) is 0 Å². The Kier molecular flexibility index (Phi) is 13.5. The Labute approximate surface area is 306 Å². The van der Waals surface area contributed by atoms with Crippen molar-refractivity contribution in [2.75, 3.05) is 26.7 Å². The van der Waals surface area contributed by atoms with Crippen LogP contribution < -0.4 is 20.7 Å². The molecule has 0 aliphatic rings. The number of carbonyl (C=O) groups excluding carboxylic acids is 5. The van der Waals surface area contributed by atoms with Crippen molar-refractivity contribution in [1.29, 1.82) is 0 Å². The Morgan fingerprint density at radius 2 is 1.60 bits per heavy atom. The molecule has 0 aliphatic heterocycles. The summed E-state index contributed by atoms with van der Waals surface area (Å²) in [6.45, 7) is 4.38. The number of amides is 5. The molecular formula is C38H42ClN5O8. The second-order valence-electron chi connectivity index (χ2n) is 12.6. The monoisotopic (exact) mass is 731 g/mol. The summed E-state index contributed by atoms with van der Waals surface area (Å²) in [5.74, 6) is -2.88. The second-order valence-corrected chi connectivity index (χ2v) is 13.0. The van der Waals surface area contributed by atoms with Crippen LogP contribution in [0, 0.1) is 12.8 Å². The number of benzene rings is 3. The van der Waals surface area contributed by atoms with E-state index in [1.54, 1.807) is 79.7 Å². The van der Waals surface area contributed by atoms with Crippen LogP contribution in [0.2, 0.25) is 5.02 Å². The first-order valence-corrected chi connectivity index (χ1v) is 17.1. The minimum Gasteiger partial charge on any atom is -0.497 e. The van der Waals surface area contributed by atoms with E-state index in [1.807, 2.05) is 13.8 Å². The zero-order chi connectivity index (χ0) is 37.9. The summed E-state index contributed by atoms with van der Waals surface area (Å²) >= 11 is 6.03. The van der Waals surface area contributed by atoms with Crippen molar-refractivity contribution in [3.63, 3.8) is 0 Å². The van der Waals surface area contributed by atoms with Gasteiger partial charge >= 0.3 is 12.0 Å². The van der Waals surface area contributed by atoms with Crippen molar-refractivity contribution in [2.24, 2.45) is 5.92 Å². The van der Waals surface area contributed by atoms with E-state index in [1.165, 1.54) is 11.7 Å². The number of carbonyl (C=O) groups is 6. The van der Waals surface area contributed by atoms with Gasteiger partial charge in [0.15, 0.2) is 0 Å². The first-order valence-electron chi connectivity index (χ1n) is 16.7. The molecule has 4 rings (SSSR count). The van der Waals surface area contributed by atoms with E-state index in [-0.39, 0.29) is 31.2 Å². The van der Waals surface area contributed by atoms with E-state index in [0.29, 0.717) is 50.5 Å². The van der Waals surface area contributed by atoms with Gasteiger partial charge in [-0.15, -0.1) is 0 Å². The number of rotatable bonds is 15. The Bertz CT molecular complexity index is 1940. The summed E-state index contributed by atoms with van der Waals surface area (Å²) in [7, 11) is 1.51. The standard InChI is InChI=1S/C38H42ClN5O8/c1-23(2)16-17-43(38(51)41-22-35(47)48)37(50)31(18-25-8-6-5-7-9-25)42-34(46)21-40-33(45)20-29-24(3)44(32-15-14-28(52-4)19-30(29)32)36(49)26-10-12-27(39)13-11-26/h5-15,19,23,31H,16-18,20-22H2,1-4H3,(H,40,45)(H,41,51)(H,42,46)(H,47,48). The summed E-state index contributed by atoms with van der Waals surface area (Å²) in [4.78, 5) is 79.0. The zero-order valence-electron chi connectivity index (χ0n) is 29.4. The summed E-state index contributed by atoms with van der Waals surface area (Å²) < 4.78 is 6.92. The number of hydrogen-bond acceptors (Lipinski definition) is 7. The van der Waals surface area contributed by atoms with Gasteiger partial charge in [-0.05, 0) is 72.9 Å². The number of ether oxygens (including phenoxy) is 1. The van der Waals surface area contributed by atoms with E-state index in [9.17, 15) is 28.8 Å². The van der Waals surface area contributed by atoms with Gasteiger partial charge in [0.05, 0.1) is 25.6 Å². The average Bonchev–Trinajstić information content (AvgIpc) is 3.39. The lowest BCUT2D eigenvalue weighted by Crippen LogP contribution is -2.55. The molecule has 1 aromatic heterocycles. The lowest BCUT2D eigenvalue weighted by atomic mass is 10.0. The number of hydrogen-bond donors (Lipinski definition) is 4. The molecule has 4 aromatic rings. The van der Waals surface area contributed by atoms with Gasteiger partial charge in [-0.1, -0.05) is 55.8 Å². The van der Waals surface area contributed by atoms with Gasteiger partial charge in [0, 0.05) is 34.6 Å².